The quantitative estimate of drug-likeness (QED) is 0.123. The number of nitrogens with two attached hydrogens (primary N) is 2. The Labute approximate surface area is 200 Å². The first-order valence-electron chi connectivity index (χ1n) is 10.1. The fourth-order valence-corrected chi connectivity index (χ4v) is 2.70. The summed E-state index contributed by atoms with van der Waals surface area (Å²) in [5, 5.41) is 24.8. The number of benzene rings is 2. The van der Waals surface area contributed by atoms with Crippen molar-refractivity contribution in [3.8, 4) is 23.7 Å². The zero-order valence-electron chi connectivity index (χ0n) is 18.3. The molecule has 2 aromatic carbocycles. The fourth-order valence-electron chi connectivity index (χ4n) is 2.70. The van der Waals surface area contributed by atoms with Gasteiger partial charge in [0.15, 0.2) is 0 Å². The van der Waals surface area contributed by atoms with E-state index in [1.807, 2.05) is 0 Å². The number of amides is 3. The monoisotopic (exact) mass is 478 g/mol. The largest absolute Gasteiger partial charge is 0.351 e. The van der Waals surface area contributed by atoms with Crippen LogP contribution in [-0.4, -0.2) is 53.5 Å². The van der Waals surface area contributed by atoms with E-state index in [9.17, 15) is 24.5 Å². The Kier molecular flexibility index (Phi) is 9.90. The molecule has 12 heteroatoms. The highest BCUT2D eigenvalue weighted by atomic mass is 16.6. The second kappa shape index (κ2) is 13.1. The number of hydrogen-bond acceptors (Lipinski definition) is 8. The Morgan fingerprint density at radius 3 is 2.20 bits per heavy atom. The van der Waals surface area contributed by atoms with Crippen molar-refractivity contribution in [1.82, 2.24) is 16.1 Å². The third-order valence-electron chi connectivity index (χ3n) is 4.46. The molecule has 0 spiro atoms. The normalized spacial score (nSPS) is 10.5. The van der Waals surface area contributed by atoms with Crippen LogP contribution in [0.2, 0.25) is 0 Å². The molecule has 1 atom stereocenters. The van der Waals surface area contributed by atoms with Crippen molar-refractivity contribution in [2.45, 2.75) is 6.04 Å². The van der Waals surface area contributed by atoms with Gasteiger partial charge in [-0.05, 0) is 48.2 Å². The van der Waals surface area contributed by atoms with Crippen LogP contribution in [0.25, 0.3) is 0 Å². The smallest absolute Gasteiger partial charge is 0.283 e. The van der Waals surface area contributed by atoms with E-state index in [0.29, 0.717) is 11.1 Å². The molecule has 12 nitrogen and oxygen atoms in total. The minimum absolute atomic E-state index is 0.0982. The van der Waals surface area contributed by atoms with Gasteiger partial charge < -0.3 is 22.1 Å². The average molecular weight is 478 g/mol. The molecule has 3 amide bonds. The van der Waals surface area contributed by atoms with Crippen LogP contribution in [0.15, 0.2) is 42.5 Å². The lowest BCUT2D eigenvalue weighted by Gasteiger charge is -2.14. The van der Waals surface area contributed by atoms with Gasteiger partial charge in [0.25, 0.3) is 23.4 Å². The minimum Gasteiger partial charge on any atom is -0.351 e. The topological polar surface area (TPSA) is 203 Å². The van der Waals surface area contributed by atoms with Crippen molar-refractivity contribution < 1.29 is 24.5 Å². The summed E-state index contributed by atoms with van der Waals surface area (Å²) in [7, 11) is 0. The molecule has 0 fully saturated rings. The van der Waals surface area contributed by atoms with Crippen molar-refractivity contribution in [1.29, 1.82) is 0 Å². The molecule has 2 rings (SSSR count). The number of nitro benzene ring substituents is 1. The summed E-state index contributed by atoms with van der Waals surface area (Å²) in [6.07, 6.45) is 0. The first-order chi connectivity index (χ1) is 16.8. The van der Waals surface area contributed by atoms with Gasteiger partial charge in [-0.25, -0.2) is 5.48 Å². The lowest BCUT2D eigenvalue weighted by molar-refractivity contribution is -0.385. The van der Waals surface area contributed by atoms with E-state index in [4.69, 9.17) is 16.7 Å². The molecule has 0 saturated heterocycles. The third kappa shape index (κ3) is 7.66. The Hall–Kier alpha value is -4.75. The predicted octanol–water partition coefficient (Wildman–Crippen LogP) is -0.751. The number of rotatable bonds is 8. The van der Waals surface area contributed by atoms with Crippen LogP contribution in [0.3, 0.4) is 0 Å². The summed E-state index contributed by atoms with van der Waals surface area (Å²) in [6.45, 7) is 0.192. The van der Waals surface area contributed by atoms with Crippen LogP contribution in [-0.2, 0) is 4.79 Å². The van der Waals surface area contributed by atoms with Crippen LogP contribution in [0.4, 0.5) is 5.69 Å². The van der Waals surface area contributed by atoms with E-state index in [2.05, 4.69) is 34.3 Å². The molecule has 0 saturated carbocycles. The van der Waals surface area contributed by atoms with Crippen LogP contribution in [0.1, 0.15) is 31.8 Å². The number of carbonyl (C=O) groups is 3. The second-order valence-corrected chi connectivity index (χ2v) is 6.85. The lowest BCUT2D eigenvalue weighted by Crippen LogP contribution is -2.50. The van der Waals surface area contributed by atoms with Gasteiger partial charge in [-0.1, -0.05) is 11.8 Å². The summed E-state index contributed by atoms with van der Waals surface area (Å²) < 4.78 is 0. The molecule has 0 bridgehead atoms. The average Bonchev–Trinajstić information content (AvgIpc) is 2.87. The standard InChI is InChI=1S/C23H22N6O6/c24-11-12-26-22(31)18-10-7-16(13-20(18)29(34)35)4-2-1-3-15-5-8-17(9-6-15)21(30)27-19(14-25)23(32)28-33/h5-10,13,19,33H,11-12,14,24-25H2,(H,26,31)(H,27,30)(H,28,32)/t19-/m0/s1. The van der Waals surface area contributed by atoms with E-state index in [1.165, 1.54) is 35.8 Å². The van der Waals surface area contributed by atoms with Crippen LogP contribution < -0.4 is 27.6 Å². The number of nitro groups is 1. The molecule has 0 heterocycles. The summed E-state index contributed by atoms with van der Waals surface area (Å²) in [5.41, 5.74) is 12.7. The summed E-state index contributed by atoms with van der Waals surface area (Å²) in [4.78, 5) is 46.3. The highest BCUT2D eigenvalue weighted by Crippen LogP contribution is 2.20. The Balaban J connectivity index is 2.10. The summed E-state index contributed by atoms with van der Waals surface area (Å²) in [5.74, 6) is 8.63. The zero-order chi connectivity index (χ0) is 25.8. The molecular weight excluding hydrogens is 456 g/mol. The maximum absolute atomic E-state index is 12.2. The van der Waals surface area contributed by atoms with Gasteiger partial charge in [0.1, 0.15) is 11.6 Å². The molecule has 0 aliphatic carbocycles. The van der Waals surface area contributed by atoms with Gasteiger partial charge in [0, 0.05) is 42.4 Å². The van der Waals surface area contributed by atoms with Gasteiger partial charge in [0.2, 0.25) is 0 Å². The van der Waals surface area contributed by atoms with Gasteiger partial charge >= 0.3 is 0 Å². The maximum atomic E-state index is 12.2. The molecule has 35 heavy (non-hydrogen) atoms. The number of nitrogens with one attached hydrogen (secondary N) is 3. The van der Waals surface area contributed by atoms with Gasteiger partial charge in [0.05, 0.1) is 4.92 Å². The van der Waals surface area contributed by atoms with E-state index in [0.717, 1.165) is 0 Å². The van der Waals surface area contributed by atoms with E-state index >= 15 is 0 Å². The van der Waals surface area contributed by atoms with E-state index < -0.39 is 28.7 Å². The first kappa shape index (κ1) is 26.5. The Bertz CT molecular complexity index is 1240. The molecule has 0 unspecified atom stereocenters. The van der Waals surface area contributed by atoms with Crippen molar-refractivity contribution in [2.75, 3.05) is 19.6 Å². The SMILES string of the molecule is NCCNC(=O)c1ccc(C#CC#Cc2ccc(C(=O)N[C@@H](CN)C(=O)NO)cc2)cc1[N+](=O)[O-]. The van der Waals surface area contributed by atoms with Crippen molar-refractivity contribution in [3.05, 3.63) is 74.8 Å². The fraction of sp³-hybridized carbons (Fsp3) is 0.174. The molecule has 180 valence electrons. The van der Waals surface area contributed by atoms with Crippen LogP contribution in [0.5, 0.6) is 0 Å². The highest BCUT2D eigenvalue weighted by Gasteiger charge is 2.20. The molecule has 0 radical (unpaired) electrons. The number of nitrogens with zero attached hydrogens (tertiary/aromatic N) is 1. The van der Waals surface area contributed by atoms with Crippen LogP contribution in [0, 0.1) is 33.8 Å². The second-order valence-electron chi connectivity index (χ2n) is 6.85. The number of carbonyl (C=O) groups excluding carboxylic acids is 3. The van der Waals surface area contributed by atoms with Crippen molar-refractivity contribution in [3.63, 3.8) is 0 Å². The number of hydroxylamine groups is 1. The zero-order valence-corrected chi connectivity index (χ0v) is 18.3. The summed E-state index contributed by atoms with van der Waals surface area (Å²) >= 11 is 0. The first-order valence-corrected chi connectivity index (χ1v) is 10.1. The maximum Gasteiger partial charge on any atom is 0.283 e. The molecule has 2 aromatic rings. The summed E-state index contributed by atoms with van der Waals surface area (Å²) in [6, 6.07) is 8.96. The van der Waals surface area contributed by atoms with Gasteiger partial charge in [-0.2, -0.15) is 0 Å². The lowest BCUT2D eigenvalue weighted by atomic mass is 10.1. The molecule has 0 aliphatic heterocycles. The molecule has 8 N–H and O–H groups in total. The molecule has 0 aromatic heterocycles. The van der Waals surface area contributed by atoms with Crippen molar-refractivity contribution in [2.24, 2.45) is 11.5 Å². The Morgan fingerprint density at radius 2 is 1.63 bits per heavy atom. The van der Waals surface area contributed by atoms with E-state index in [-0.39, 0.29) is 36.4 Å². The highest BCUT2D eigenvalue weighted by molar-refractivity contribution is 5.98. The Morgan fingerprint density at radius 1 is 1.00 bits per heavy atom. The predicted molar refractivity (Wildman–Crippen MR) is 125 cm³/mol. The van der Waals surface area contributed by atoms with Gasteiger partial charge in [-0.3, -0.25) is 29.7 Å². The molecular formula is C23H22N6O6. The minimum atomic E-state index is -1.09. The van der Waals surface area contributed by atoms with Gasteiger partial charge in [-0.15, -0.1) is 0 Å². The third-order valence-corrected chi connectivity index (χ3v) is 4.46. The van der Waals surface area contributed by atoms with E-state index in [1.54, 1.807) is 12.1 Å². The number of hydrogen-bond donors (Lipinski definition) is 6. The van der Waals surface area contributed by atoms with Crippen molar-refractivity contribution >= 4 is 23.4 Å². The molecule has 0 aliphatic rings. The van der Waals surface area contributed by atoms with Crippen LogP contribution >= 0.6 is 0 Å².